The van der Waals surface area contributed by atoms with E-state index in [1.54, 1.807) is 4.90 Å². The molecule has 6 nitrogen and oxygen atoms in total. The Morgan fingerprint density at radius 3 is 2.55 bits per heavy atom. The second kappa shape index (κ2) is 8.55. The molecule has 0 atom stereocenters. The van der Waals surface area contributed by atoms with Crippen LogP contribution in [0.2, 0.25) is 0 Å². The van der Waals surface area contributed by atoms with Crippen molar-refractivity contribution in [2.75, 3.05) is 49.1 Å². The standard InChI is InChI=1S/C23H27N3O3/c1-18-9-10-21-20(16-18)26(23(28)17-29-21)11-5-8-22(27)25-14-12-24(13-15-25)19-6-3-2-4-7-19/h2-4,6-7,9-10,16H,5,8,11-15,17H2,1H3. The Morgan fingerprint density at radius 2 is 1.79 bits per heavy atom. The smallest absolute Gasteiger partial charge is 0.265 e. The van der Waals surface area contributed by atoms with Gasteiger partial charge in [0.25, 0.3) is 5.91 Å². The summed E-state index contributed by atoms with van der Waals surface area (Å²) in [4.78, 5) is 31.0. The number of fused-ring (bicyclic) bond motifs is 1. The van der Waals surface area contributed by atoms with Crippen molar-refractivity contribution in [3.63, 3.8) is 0 Å². The highest BCUT2D eigenvalue weighted by Crippen LogP contribution is 2.33. The van der Waals surface area contributed by atoms with Crippen LogP contribution in [0, 0.1) is 6.92 Å². The number of piperazine rings is 1. The van der Waals surface area contributed by atoms with E-state index in [0.29, 0.717) is 19.4 Å². The molecular weight excluding hydrogens is 366 g/mol. The third-order valence-corrected chi connectivity index (χ3v) is 5.58. The van der Waals surface area contributed by atoms with Crippen molar-refractivity contribution in [3.05, 3.63) is 54.1 Å². The Bertz CT molecular complexity index is 876. The van der Waals surface area contributed by atoms with Crippen molar-refractivity contribution in [2.45, 2.75) is 19.8 Å². The number of carbonyl (C=O) groups excluding carboxylic acids is 2. The molecule has 1 fully saturated rings. The molecule has 0 aliphatic carbocycles. The molecule has 0 spiro atoms. The van der Waals surface area contributed by atoms with E-state index in [1.807, 2.05) is 48.2 Å². The van der Waals surface area contributed by atoms with E-state index in [2.05, 4.69) is 17.0 Å². The first-order valence-corrected chi connectivity index (χ1v) is 10.2. The Morgan fingerprint density at radius 1 is 1.03 bits per heavy atom. The van der Waals surface area contributed by atoms with E-state index >= 15 is 0 Å². The van der Waals surface area contributed by atoms with E-state index < -0.39 is 0 Å². The summed E-state index contributed by atoms with van der Waals surface area (Å²) in [5, 5.41) is 0. The van der Waals surface area contributed by atoms with Crippen LogP contribution < -0.4 is 14.5 Å². The maximum atomic E-state index is 12.6. The van der Waals surface area contributed by atoms with Crippen LogP contribution in [0.4, 0.5) is 11.4 Å². The third-order valence-electron chi connectivity index (χ3n) is 5.58. The molecular formula is C23H27N3O3. The fourth-order valence-electron chi connectivity index (χ4n) is 3.96. The van der Waals surface area contributed by atoms with Gasteiger partial charge in [0, 0.05) is 44.8 Å². The zero-order valence-corrected chi connectivity index (χ0v) is 16.8. The SMILES string of the molecule is Cc1ccc2c(c1)N(CCCC(=O)N1CCN(c3ccccc3)CC1)C(=O)CO2. The van der Waals surface area contributed by atoms with Crippen LogP contribution in [0.3, 0.4) is 0 Å². The van der Waals surface area contributed by atoms with Gasteiger partial charge in [0.1, 0.15) is 5.75 Å². The first-order chi connectivity index (χ1) is 14.1. The predicted octanol–water partition coefficient (Wildman–Crippen LogP) is 2.85. The Labute approximate surface area is 171 Å². The van der Waals surface area contributed by atoms with E-state index in [4.69, 9.17) is 4.74 Å². The molecule has 0 aromatic heterocycles. The van der Waals surface area contributed by atoms with Gasteiger partial charge in [-0.15, -0.1) is 0 Å². The molecule has 2 aromatic carbocycles. The lowest BCUT2D eigenvalue weighted by atomic mass is 10.1. The number of rotatable bonds is 5. The van der Waals surface area contributed by atoms with Crippen molar-refractivity contribution in [3.8, 4) is 5.75 Å². The molecule has 152 valence electrons. The minimum absolute atomic E-state index is 0.0491. The van der Waals surface area contributed by atoms with E-state index in [1.165, 1.54) is 5.69 Å². The summed E-state index contributed by atoms with van der Waals surface area (Å²) in [7, 11) is 0. The Balaban J connectivity index is 1.28. The van der Waals surface area contributed by atoms with Crippen molar-refractivity contribution in [1.82, 2.24) is 4.90 Å². The largest absolute Gasteiger partial charge is 0.482 e. The average molecular weight is 393 g/mol. The van der Waals surface area contributed by atoms with Crippen LogP contribution in [-0.2, 0) is 9.59 Å². The summed E-state index contributed by atoms with van der Waals surface area (Å²) in [6.07, 6.45) is 1.11. The van der Waals surface area contributed by atoms with Gasteiger partial charge in [0.05, 0.1) is 5.69 Å². The van der Waals surface area contributed by atoms with Gasteiger partial charge in [-0.2, -0.15) is 0 Å². The molecule has 2 aromatic rings. The van der Waals surface area contributed by atoms with Gasteiger partial charge in [0.2, 0.25) is 5.91 Å². The van der Waals surface area contributed by atoms with Crippen molar-refractivity contribution in [2.24, 2.45) is 0 Å². The third kappa shape index (κ3) is 4.36. The molecule has 2 aliphatic rings. The minimum atomic E-state index is -0.0491. The van der Waals surface area contributed by atoms with Crippen molar-refractivity contribution < 1.29 is 14.3 Å². The van der Waals surface area contributed by atoms with Crippen LogP contribution in [0.1, 0.15) is 18.4 Å². The number of carbonyl (C=O) groups is 2. The number of para-hydroxylation sites is 1. The summed E-state index contributed by atoms with van der Waals surface area (Å²) >= 11 is 0. The summed E-state index contributed by atoms with van der Waals surface area (Å²) in [6.45, 7) is 5.78. The topological polar surface area (TPSA) is 53.1 Å². The van der Waals surface area contributed by atoms with Crippen LogP contribution >= 0.6 is 0 Å². The second-order valence-electron chi connectivity index (χ2n) is 7.61. The van der Waals surface area contributed by atoms with Gasteiger partial charge in [-0.05, 0) is 43.2 Å². The number of ether oxygens (including phenoxy) is 1. The lowest BCUT2D eigenvalue weighted by molar-refractivity contribution is -0.131. The molecule has 4 rings (SSSR count). The average Bonchev–Trinajstić information content (AvgIpc) is 2.76. The highest BCUT2D eigenvalue weighted by molar-refractivity contribution is 5.98. The summed E-state index contributed by atoms with van der Waals surface area (Å²) in [5.41, 5.74) is 3.10. The van der Waals surface area contributed by atoms with Gasteiger partial charge < -0.3 is 19.4 Å². The van der Waals surface area contributed by atoms with Crippen LogP contribution in [0.5, 0.6) is 5.75 Å². The minimum Gasteiger partial charge on any atom is -0.482 e. The predicted molar refractivity (Wildman–Crippen MR) is 113 cm³/mol. The normalized spacial score (nSPS) is 16.4. The molecule has 2 amide bonds. The number of nitrogens with zero attached hydrogens (tertiary/aromatic N) is 3. The van der Waals surface area contributed by atoms with Crippen molar-refractivity contribution in [1.29, 1.82) is 0 Å². The highest BCUT2D eigenvalue weighted by atomic mass is 16.5. The molecule has 0 unspecified atom stereocenters. The fourth-order valence-corrected chi connectivity index (χ4v) is 3.96. The van der Waals surface area contributed by atoms with Gasteiger partial charge in [-0.3, -0.25) is 9.59 Å². The molecule has 29 heavy (non-hydrogen) atoms. The summed E-state index contributed by atoms with van der Waals surface area (Å²) < 4.78 is 5.52. The molecule has 1 saturated heterocycles. The van der Waals surface area contributed by atoms with Crippen LogP contribution in [0.15, 0.2) is 48.5 Å². The maximum absolute atomic E-state index is 12.6. The first-order valence-electron chi connectivity index (χ1n) is 10.2. The first kappa shape index (κ1) is 19.3. The number of benzene rings is 2. The van der Waals surface area contributed by atoms with Gasteiger partial charge in [0.15, 0.2) is 6.61 Å². The van der Waals surface area contributed by atoms with Gasteiger partial charge >= 0.3 is 0 Å². The maximum Gasteiger partial charge on any atom is 0.265 e. The van der Waals surface area contributed by atoms with E-state index in [-0.39, 0.29) is 18.4 Å². The number of amides is 2. The fraction of sp³-hybridized carbons (Fsp3) is 0.391. The second-order valence-corrected chi connectivity index (χ2v) is 7.61. The zero-order valence-electron chi connectivity index (χ0n) is 16.8. The zero-order chi connectivity index (χ0) is 20.2. The van der Waals surface area contributed by atoms with Gasteiger partial charge in [-0.25, -0.2) is 0 Å². The quantitative estimate of drug-likeness (QED) is 0.784. The number of anilines is 2. The monoisotopic (exact) mass is 393 g/mol. The molecule has 0 saturated carbocycles. The van der Waals surface area contributed by atoms with Crippen LogP contribution in [-0.4, -0.2) is 56.0 Å². The van der Waals surface area contributed by atoms with Gasteiger partial charge in [-0.1, -0.05) is 24.3 Å². The van der Waals surface area contributed by atoms with E-state index in [9.17, 15) is 9.59 Å². The number of aryl methyl sites for hydroxylation is 1. The number of hydrogen-bond acceptors (Lipinski definition) is 4. The summed E-state index contributed by atoms with van der Waals surface area (Å²) in [5.74, 6) is 0.855. The van der Waals surface area contributed by atoms with E-state index in [0.717, 1.165) is 43.2 Å². The molecule has 0 bridgehead atoms. The molecule has 2 heterocycles. The molecule has 0 radical (unpaired) electrons. The Kier molecular flexibility index (Phi) is 5.69. The molecule has 2 aliphatic heterocycles. The highest BCUT2D eigenvalue weighted by Gasteiger charge is 2.26. The van der Waals surface area contributed by atoms with Crippen molar-refractivity contribution >= 4 is 23.2 Å². The summed E-state index contributed by atoms with van der Waals surface area (Å²) in [6, 6.07) is 16.2. The Hall–Kier alpha value is -3.02. The van der Waals surface area contributed by atoms with Crippen LogP contribution in [0.25, 0.3) is 0 Å². The molecule has 6 heteroatoms. The lowest BCUT2D eigenvalue weighted by Gasteiger charge is -2.36. The lowest BCUT2D eigenvalue weighted by Crippen LogP contribution is -2.49. The number of hydrogen-bond donors (Lipinski definition) is 0. The molecule has 0 N–H and O–H groups in total.